The molecule has 0 aliphatic carbocycles. The van der Waals surface area contributed by atoms with Crippen LogP contribution in [0.1, 0.15) is 35.6 Å². The molecule has 10 heteroatoms. The summed E-state index contributed by atoms with van der Waals surface area (Å²) in [5, 5.41) is 4.49. The number of aryl methyl sites for hydroxylation is 3. The van der Waals surface area contributed by atoms with E-state index in [1.807, 2.05) is 50.2 Å². The van der Waals surface area contributed by atoms with Gasteiger partial charge in [-0.15, -0.1) is 0 Å². The summed E-state index contributed by atoms with van der Waals surface area (Å²) >= 11 is 0. The third kappa shape index (κ3) is 5.09. The highest BCUT2D eigenvalue weighted by atomic mass is 16.6. The Morgan fingerprint density at radius 2 is 1.89 bits per heavy atom. The lowest BCUT2D eigenvalue weighted by Crippen LogP contribution is -2.46. The number of anilines is 2. The fraction of sp³-hybridized carbons (Fsp3) is 0.296. The molecule has 0 spiro atoms. The maximum absolute atomic E-state index is 14.0. The molecule has 1 aliphatic heterocycles. The minimum atomic E-state index is -0.722. The molecule has 0 radical (unpaired) electrons. The summed E-state index contributed by atoms with van der Waals surface area (Å²) in [6, 6.07) is 15.8. The van der Waals surface area contributed by atoms with Crippen molar-refractivity contribution in [1.82, 2.24) is 24.6 Å². The number of ether oxygens (including phenoxy) is 1. The van der Waals surface area contributed by atoms with E-state index in [1.165, 1.54) is 16.1 Å². The van der Waals surface area contributed by atoms with Crippen LogP contribution in [0.3, 0.4) is 0 Å². The van der Waals surface area contributed by atoms with Crippen LogP contribution in [0, 0.1) is 20.8 Å². The molecule has 190 valence electrons. The number of carbonyl (C=O) groups is 2. The Hall–Kier alpha value is -4.47. The molecule has 1 aliphatic rings. The smallest absolute Gasteiger partial charge is 0.410 e. The molecule has 10 nitrogen and oxygen atoms in total. The minimum Gasteiger partial charge on any atom is -0.445 e. The van der Waals surface area contributed by atoms with E-state index in [2.05, 4.69) is 15.1 Å². The molecule has 1 aromatic carbocycles. The van der Waals surface area contributed by atoms with Gasteiger partial charge in [-0.25, -0.2) is 24.3 Å². The second kappa shape index (κ2) is 10.3. The van der Waals surface area contributed by atoms with Crippen LogP contribution in [0.5, 0.6) is 0 Å². The van der Waals surface area contributed by atoms with Gasteiger partial charge in [0.25, 0.3) is 5.91 Å². The van der Waals surface area contributed by atoms with E-state index < -0.39 is 12.1 Å². The molecule has 3 aromatic heterocycles. The molecular formula is C27H28N6O4. The summed E-state index contributed by atoms with van der Waals surface area (Å²) in [7, 11) is 0. The van der Waals surface area contributed by atoms with Crippen molar-refractivity contribution >= 4 is 23.7 Å². The number of rotatable bonds is 6. The summed E-state index contributed by atoms with van der Waals surface area (Å²) in [6.45, 7) is 6.19. The number of hydrogen-bond acceptors (Lipinski definition) is 7. The molecule has 4 heterocycles. The van der Waals surface area contributed by atoms with Crippen molar-refractivity contribution in [3.05, 3.63) is 83.6 Å². The Labute approximate surface area is 214 Å². The van der Waals surface area contributed by atoms with Gasteiger partial charge in [-0.3, -0.25) is 9.69 Å². The van der Waals surface area contributed by atoms with Crippen LogP contribution in [0.25, 0.3) is 5.82 Å². The average Bonchev–Trinajstić information content (AvgIpc) is 3.63. The zero-order valence-corrected chi connectivity index (χ0v) is 21.0. The zero-order valence-electron chi connectivity index (χ0n) is 21.0. The molecule has 1 unspecified atom stereocenters. The number of carbonyl (C=O) groups excluding carboxylic acids is 2. The summed E-state index contributed by atoms with van der Waals surface area (Å²) in [5.74, 6) is 1.46. The van der Waals surface area contributed by atoms with Crippen LogP contribution in [-0.4, -0.2) is 49.2 Å². The van der Waals surface area contributed by atoms with Crippen molar-refractivity contribution < 1.29 is 18.7 Å². The van der Waals surface area contributed by atoms with Crippen molar-refractivity contribution in [2.24, 2.45) is 0 Å². The van der Waals surface area contributed by atoms with E-state index in [9.17, 15) is 9.59 Å². The van der Waals surface area contributed by atoms with Crippen LogP contribution in [0.4, 0.5) is 16.5 Å². The van der Waals surface area contributed by atoms with E-state index in [1.54, 1.807) is 29.8 Å². The fourth-order valence-electron chi connectivity index (χ4n) is 4.51. The highest BCUT2D eigenvalue weighted by molar-refractivity contribution is 6.03. The minimum absolute atomic E-state index is 0.135. The van der Waals surface area contributed by atoms with Crippen molar-refractivity contribution in [2.45, 2.75) is 46.3 Å². The number of aromatic nitrogens is 4. The first-order valence-corrected chi connectivity index (χ1v) is 12.1. The lowest BCUT2D eigenvalue weighted by Gasteiger charge is -2.28. The highest BCUT2D eigenvalue weighted by Crippen LogP contribution is 2.31. The predicted molar refractivity (Wildman–Crippen MR) is 136 cm³/mol. The lowest BCUT2D eigenvalue weighted by molar-refractivity contribution is -0.122. The maximum Gasteiger partial charge on any atom is 0.410 e. The van der Waals surface area contributed by atoms with Crippen LogP contribution in [-0.2, 0) is 16.1 Å². The zero-order chi connectivity index (χ0) is 25.9. The van der Waals surface area contributed by atoms with Gasteiger partial charge < -0.3 is 9.15 Å². The van der Waals surface area contributed by atoms with E-state index in [0.29, 0.717) is 42.7 Å². The monoisotopic (exact) mass is 500 g/mol. The number of furan rings is 1. The van der Waals surface area contributed by atoms with Crippen LogP contribution in [0.15, 0.2) is 65.3 Å². The van der Waals surface area contributed by atoms with Gasteiger partial charge in [0.05, 0.1) is 5.69 Å². The Kier molecular flexibility index (Phi) is 6.72. The largest absolute Gasteiger partial charge is 0.445 e. The Bertz CT molecular complexity index is 1410. The molecule has 2 amide bonds. The van der Waals surface area contributed by atoms with E-state index in [4.69, 9.17) is 9.15 Å². The molecule has 0 saturated carbocycles. The van der Waals surface area contributed by atoms with Crippen LogP contribution < -0.4 is 4.90 Å². The number of hydrogen-bond donors (Lipinski definition) is 0. The second-order valence-electron chi connectivity index (χ2n) is 9.02. The quantitative estimate of drug-likeness (QED) is 0.379. The first-order chi connectivity index (χ1) is 17.9. The van der Waals surface area contributed by atoms with Crippen LogP contribution in [0.2, 0.25) is 0 Å². The van der Waals surface area contributed by atoms with E-state index in [-0.39, 0.29) is 12.5 Å². The maximum atomic E-state index is 14.0. The molecule has 4 aromatic rings. The van der Waals surface area contributed by atoms with Crippen molar-refractivity contribution in [1.29, 1.82) is 0 Å². The second-order valence-corrected chi connectivity index (χ2v) is 9.02. The summed E-state index contributed by atoms with van der Waals surface area (Å²) < 4.78 is 13.1. The Morgan fingerprint density at radius 3 is 2.59 bits per heavy atom. The Balaban J connectivity index is 1.43. The standard InChI is InChI=1S/C27H28N6O4/c1-18-14-19(2)33(30-18)24-15-23(28-17-29-24)32(25-12-11-20(3)37-25)26(34)22-10-7-13-31(22)27(35)36-16-21-8-5-4-6-9-21/h4-6,8-9,11-12,14-15,17,22H,7,10,13,16H2,1-3H3. The van der Waals surface area contributed by atoms with Crippen molar-refractivity contribution in [3.63, 3.8) is 0 Å². The SMILES string of the molecule is Cc1cc(C)n(-c2cc(N(C(=O)C3CCCN3C(=O)OCc3ccccc3)c3ccc(C)o3)ncn2)n1. The van der Waals surface area contributed by atoms with Gasteiger partial charge in [0.15, 0.2) is 5.82 Å². The fourth-order valence-corrected chi connectivity index (χ4v) is 4.51. The highest BCUT2D eigenvalue weighted by Gasteiger charge is 2.39. The van der Waals surface area contributed by atoms with Gasteiger partial charge in [-0.1, -0.05) is 30.3 Å². The van der Waals surface area contributed by atoms with E-state index in [0.717, 1.165) is 17.0 Å². The van der Waals surface area contributed by atoms with Gasteiger partial charge in [-0.05, 0) is 51.3 Å². The normalized spacial score (nSPS) is 15.1. The van der Waals surface area contributed by atoms with Crippen LogP contribution >= 0.6 is 0 Å². The third-order valence-corrected chi connectivity index (χ3v) is 6.24. The van der Waals surface area contributed by atoms with Gasteiger partial charge in [0.1, 0.15) is 30.6 Å². The third-order valence-electron chi connectivity index (χ3n) is 6.24. The molecule has 1 atom stereocenters. The van der Waals surface area contributed by atoms with Gasteiger partial charge in [-0.2, -0.15) is 5.10 Å². The summed E-state index contributed by atoms with van der Waals surface area (Å²) in [6.07, 6.45) is 2.05. The number of benzene rings is 1. The molecule has 0 bridgehead atoms. The topological polar surface area (TPSA) is 107 Å². The average molecular weight is 501 g/mol. The Morgan fingerprint density at radius 1 is 1.08 bits per heavy atom. The van der Waals surface area contributed by atoms with Gasteiger partial charge in [0.2, 0.25) is 5.88 Å². The summed E-state index contributed by atoms with van der Waals surface area (Å²) in [4.78, 5) is 38.6. The first-order valence-electron chi connectivity index (χ1n) is 12.1. The molecule has 1 fully saturated rings. The molecule has 5 rings (SSSR count). The lowest BCUT2D eigenvalue weighted by atomic mass is 10.2. The molecule has 37 heavy (non-hydrogen) atoms. The number of nitrogens with zero attached hydrogens (tertiary/aromatic N) is 6. The molecular weight excluding hydrogens is 472 g/mol. The molecule has 0 N–H and O–H groups in total. The van der Waals surface area contributed by atoms with Gasteiger partial charge >= 0.3 is 6.09 Å². The predicted octanol–water partition coefficient (Wildman–Crippen LogP) is 4.65. The number of likely N-dealkylation sites (tertiary alicyclic amines) is 1. The van der Waals surface area contributed by atoms with Gasteiger partial charge in [0, 0.05) is 24.4 Å². The summed E-state index contributed by atoms with van der Waals surface area (Å²) in [5.41, 5.74) is 2.63. The van der Waals surface area contributed by atoms with Crippen molar-refractivity contribution in [2.75, 3.05) is 11.4 Å². The molecule has 1 saturated heterocycles. The van der Waals surface area contributed by atoms with Crippen molar-refractivity contribution in [3.8, 4) is 5.82 Å². The van der Waals surface area contributed by atoms with E-state index >= 15 is 0 Å². The number of amides is 2. The first kappa shape index (κ1) is 24.2.